The molecule has 0 saturated carbocycles. The topological polar surface area (TPSA) is 43.1 Å². The van der Waals surface area contributed by atoms with Crippen LogP contribution in [-0.2, 0) is 0 Å². The van der Waals surface area contributed by atoms with E-state index in [1.54, 1.807) is 17.7 Å². The van der Waals surface area contributed by atoms with E-state index in [1.807, 2.05) is 46.2 Å². The number of fused-ring (bicyclic) bond motifs is 3. The molecule has 1 aromatic carbocycles. The molecule has 0 bridgehead atoms. The molecular weight excluding hydrogens is 244 g/mol. The van der Waals surface area contributed by atoms with E-state index in [-0.39, 0.29) is 0 Å². The van der Waals surface area contributed by atoms with Crippen LogP contribution in [0.15, 0.2) is 48.1 Å². The fourth-order valence-electron chi connectivity index (χ4n) is 2.05. The lowest BCUT2D eigenvalue weighted by Gasteiger charge is -1.99. The largest absolute Gasteiger partial charge is 0.265 e. The van der Waals surface area contributed by atoms with Crippen molar-refractivity contribution < 1.29 is 0 Å². The Morgan fingerprint density at radius 2 is 1.89 bits per heavy atom. The van der Waals surface area contributed by atoms with Crippen molar-refractivity contribution in [3.05, 3.63) is 48.1 Å². The first-order chi connectivity index (χ1) is 8.93. The van der Waals surface area contributed by atoms with Crippen LogP contribution in [0.3, 0.4) is 0 Å². The standard InChI is InChI=1S/C13H8N4S/c1-2-4-9(5-3-1)11-15-16-12-10-6-7-18-13(10)14-8-17(11)12/h1-8H. The van der Waals surface area contributed by atoms with E-state index in [9.17, 15) is 0 Å². The van der Waals surface area contributed by atoms with E-state index < -0.39 is 0 Å². The summed E-state index contributed by atoms with van der Waals surface area (Å²) in [5, 5.41) is 11.6. The van der Waals surface area contributed by atoms with Gasteiger partial charge in [-0.15, -0.1) is 21.5 Å². The Morgan fingerprint density at radius 3 is 2.78 bits per heavy atom. The Kier molecular flexibility index (Phi) is 1.95. The van der Waals surface area contributed by atoms with Crippen LogP contribution in [0, 0.1) is 0 Å². The van der Waals surface area contributed by atoms with Gasteiger partial charge in [0.1, 0.15) is 11.2 Å². The molecule has 0 N–H and O–H groups in total. The van der Waals surface area contributed by atoms with Gasteiger partial charge in [-0.1, -0.05) is 30.3 Å². The summed E-state index contributed by atoms with van der Waals surface area (Å²) in [6, 6.07) is 12.1. The molecule has 0 aliphatic carbocycles. The molecule has 0 saturated heterocycles. The molecule has 4 nitrogen and oxygen atoms in total. The Labute approximate surface area is 107 Å². The number of hydrogen-bond acceptors (Lipinski definition) is 4. The minimum absolute atomic E-state index is 0.825. The average molecular weight is 252 g/mol. The monoisotopic (exact) mass is 252 g/mol. The first-order valence-corrected chi connectivity index (χ1v) is 6.44. The van der Waals surface area contributed by atoms with Crippen LogP contribution in [0.1, 0.15) is 0 Å². The highest BCUT2D eigenvalue weighted by atomic mass is 32.1. The minimum Gasteiger partial charge on any atom is -0.265 e. The van der Waals surface area contributed by atoms with Gasteiger partial charge >= 0.3 is 0 Å². The average Bonchev–Trinajstić information content (AvgIpc) is 3.05. The number of benzene rings is 1. The van der Waals surface area contributed by atoms with Crippen LogP contribution in [-0.4, -0.2) is 19.6 Å². The van der Waals surface area contributed by atoms with Gasteiger partial charge in [-0.2, -0.15) is 0 Å². The molecular formula is C13H8N4S. The van der Waals surface area contributed by atoms with E-state index in [4.69, 9.17) is 0 Å². The summed E-state index contributed by atoms with van der Waals surface area (Å²) in [5.41, 5.74) is 1.90. The second-order valence-corrected chi connectivity index (χ2v) is 4.86. The maximum Gasteiger partial charge on any atom is 0.172 e. The zero-order valence-corrected chi connectivity index (χ0v) is 10.1. The van der Waals surface area contributed by atoms with Crippen LogP contribution in [0.2, 0.25) is 0 Å². The molecule has 3 aromatic heterocycles. The summed E-state index contributed by atoms with van der Waals surface area (Å²) in [4.78, 5) is 5.42. The van der Waals surface area contributed by atoms with Gasteiger partial charge in [0.05, 0.1) is 5.39 Å². The van der Waals surface area contributed by atoms with E-state index in [0.717, 1.165) is 27.3 Å². The summed E-state index contributed by atoms with van der Waals surface area (Å²) in [7, 11) is 0. The normalized spacial score (nSPS) is 11.3. The zero-order chi connectivity index (χ0) is 11.9. The first kappa shape index (κ1) is 9.73. The maximum absolute atomic E-state index is 4.43. The number of aromatic nitrogens is 4. The molecule has 0 fully saturated rings. The van der Waals surface area contributed by atoms with Gasteiger partial charge in [0.25, 0.3) is 0 Å². The van der Waals surface area contributed by atoms with Crippen LogP contribution >= 0.6 is 11.3 Å². The third-order valence-electron chi connectivity index (χ3n) is 2.90. The predicted octanol–water partition coefficient (Wildman–Crippen LogP) is 3.01. The Balaban J connectivity index is 2.09. The molecule has 0 amide bonds. The Morgan fingerprint density at radius 1 is 1.00 bits per heavy atom. The van der Waals surface area contributed by atoms with Crippen molar-refractivity contribution in [1.29, 1.82) is 0 Å². The predicted molar refractivity (Wildman–Crippen MR) is 71.6 cm³/mol. The van der Waals surface area contributed by atoms with Crippen molar-refractivity contribution in [1.82, 2.24) is 19.6 Å². The van der Waals surface area contributed by atoms with Crippen molar-refractivity contribution in [3.63, 3.8) is 0 Å². The first-order valence-electron chi connectivity index (χ1n) is 5.56. The zero-order valence-electron chi connectivity index (χ0n) is 9.32. The van der Waals surface area contributed by atoms with Gasteiger partial charge in [-0.3, -0.25) is 4.40 Å². The van der Waals surface area contributed by atoms with Crippen molar-refractivity contribution in [2.45, 2.75) is 0 Å². The summed E-state index contributed by atoms with van der Waals surface area (Å²) in [6.45, 7) is 0. The van der Waals surface area contributed by atoms with Crippen LogP contribution in [0.5, 0.6) is 0 Å². The lowest BCUT2D eigenvalue weighted by molar-refractivity contribution is 1.09. The van der Waals surface area contributed by atoms with Crippen LogP contribution < -0.4 is 0 Å². The lowest BCUT2D eigenvalue weighted by Crippen LogP contribution is -1.90. The molecule has 5 heteroatoms. The molecule has 0 unspecified atom stereocenters. The molecule has 4 aromatic rings. The fraction of sp³-hybridized carbons (Fsp3) is 0. The third kappa shape index (κ3) is 1.28. The lowest BCUT2D eigenvalue weighted by atomic mass is 10.2. The number of nitrogens with zero attached hydrogens (tertiary/aromatic N) is 4. The summed E-state index contributed by atoms with van der Waals surface area (Å²) >= 11 is 1.62. The quantitative estimate of drug-likeness (QED) is 0.523. The SMILES string of the molecule is c1ccc(-c2nnc3c4ccsc4ncn23)cc1. The highest BCUT2D eigenvalue weighted by Gasteiger charge is 2.11. The van der Waals surface area contributed by atoms with Crippen molar-refractivity contribution >= 4 is 27.2 Å². The van der Waals surface area contributed by atoms with Gasteiger partial charge in [0.2, 0.25) is 0 Å². The second kappa shape index (κ2) is 3.61. The summed E-state index contributed by atoms with van der Waals surface area (Å²) in [5.74, 6) is 0.825. The molecule has 4 rings (SSSR count). The van der Waals surface area contributed by atoms with E-state index in [0.29, 0.717) is 0 Å². The Hall–Kier alpha value is -2.27. The molecule has 0 atom stereocenters. The van der Waals surface area contributed by atoms with Crippen molar-refractivity contribution in [2.24, 2.45) is 0 Å². The number of rotatable bonds is 1. The molecule has 0 radical (unpaired) electrons. The van der Waals surface area contributed by atoms with Crippen molar-refractivity contribution in [3.8, 4) is 11.4 Å². The van der Waals surface area contributed by atoms with Crippen LogP contribution in [0.4, 0.5) is 0 Å². The highest BCUT2D eigenvalue weighted by molar-refractivity contribution is 7.16. The van der Waals surface area contributed by atoms with Crippen molar-refractivity contribution in [2.75, 3.05) is 0 Å². The van der Waals surface area contributed by atoms with Gasteiger partial charge in [-0.25, -0.2) is 4.98 Å². The molecule has 3 heterocycles. The van der Waals surface area contributed by atoms with Gasteiger partial charge < -0.3 is 0 Å². The third-order valence-corrected chi connectivity index (χ3v) is 3.72. The number of hydrogen-bond donors (Lipinski definition) is 0. The van der Waals surface area contributed by atoms with E-state index in [1.165, 1.54) is 0 Å². The minimum atomic E-state index is 0.825. The van der Waals surface area contributed by atoms with E-state index >= 15 is 0 Å². The van der Waals surface area contributed by atoms with E-state index in [2.05, 4.69) is 15.2 Å². The summed E-state index contributed by atoms with van der Waals surface area (Å²) in [6.07, 6.45) is 1.79. The van der Waals surface area contributed by atoms with Crippen LogP contribution in [0.25, 0.3) is 27.3 Å². The molecule has 0 aliphatic heterocycles. The molecule has 18 heavy (non-hydrogen) atoms. The fourth-order valence-corrected chi connectivity index (χ4v) is 2.78. The Bertz CT molecular complexity index is 832. The number of thiophene rings is 1. The van der Waals surface area contributed by atoms with Gasteiger partial charge in [0, 0.05) is 5.56 Å². The molecule has 0 aliphatic rings. The summed E-state index contributed by atoms with van der Waals surface area (Å²) < 4.78 is 1.93. The van der Waals surface area contributed by atoms with Gasteiger partial charge in [-0.05, 0) is 11.4 Å². The van der Waals surface area contributed by atoms with Gasteiger partial charge in [0.15, 0.2) is 11.5 Å². The molecule has 0 spiro atoms. The second-order valence-electron chi connectivity index (χ2n) is 3.97. The highest BCUT2D eigenvalue weighted by Crippen LogP contribution is 2.25. The smallest absolute Gasteiger partial charge is 0.172 e. The molecule has 86 valence electrons. The maximum atomic E-state index is 4.43.